The Balaban J connectivity index is 1.69. The Kier molecular flexibility index (Phi) is 7.12. The molecule has 1 unspecified atom stereocenters. The van der Waals surface area contributed by atoms with Crippen LogP contribution in [0.15, 0.2) is 131 Å². The molecule has 2 heteroatoms. The largest absolute Gasteiger partial charge is 0.111 e. The van der Waals surface area contributed by atoms with E-state index in [0.717, 1.165) is 6.42 Å². The van der Waals surface area contributed by atoms with Crippen molar-refractivity contribution < 1.29 is 0 Å². The Labute approximate surface area is 182 Å². The lowest BCUT2D eigenvalue weighted by molar-refractivity contribution is 0.745. The lowest BCUT2D eigenvalue weighted by Gasteiger charge is -2.27. The van der Waals surface area contributed by atoms with Gasteiger partial charge in [-0.25, -0.2) is 0 Å². The first-order valence-electron chi connectivity index (χ1n) is 9.91. The van der Waals surface area contributed by atoms with Crippen molar-refractivity contribution in [1.29, 1.82) is 0 Å². The average Bonchev–Trinajstić information content (AvgIpc) is 2.80. The molecule has 0 radical (unpaired) electrons. The maximum atomic E-state index is 2.28. The van der Waals surface area contributed by atoms with Gasteiger partial charge in [0.05, 0.1) is 4.58 Å². The van der Waals surface area contributed by atoms with Crippen LogP contribution in [0, 0.1) is 0 Å². The number of thioether (sulfide) groups is 2. The van der Waals surface area contributed by atoms with E-state index in [9.17, 15) is 0 Å². The first kappa shape index (κ1) is 19.9. The van der Waals surface area contributed by atoms with Gasteiger partial charge in [0.15, 0.2) is 0 Å². The van der Waals surface area contributed by atoms with E-state index >= 15 is 0 Å². The summed E-state index contributed by atoms with van der Waals surface area (Å²) in [5.41, 5.74) is 2.78. The molecule has 0 aliphatic heterocycles. The number of hydrogen-bond donors (Lipinski definition) is 0. The second-order valence-corrected chi connectivity index (χ2v) is 9.67. The highest BCUT2D eigenvalue weighted by Gasteiger charge is 2.26. The summed E-state index contributed by atoms with van der Waals surface area (Å²) >= 11 is 3.94. The average molecular weight is 413 g/mol. The second-order valence-electron chi connectivity index (χ2n) is 6.94. The Morgan fingerprint density at radius 1 is 0.483 bits per heavy atom. The first-order chi connectivity index (χ1) is 14.4. The van der Waals surface area contributed by atoms with E-state index in [1.165, 1.54) is 20.9 Å². The van der Waals surface area contributed by atoms with Gasteiger partial charge in [-0.1, -0.05) is 97.1 Å². The van der Waals surface area contributed by atoms with Gasteiger partial charge in [0.2, 0.25) is 0 Å². The molecule has 0 saturated carbocycles. The lowest BCUT2D eigenvalue weighted by atomic mass is 9.93. The summed E-state index contributed by atoms with van der Waals surface area (Å²) in [6, 6.07) is 43.4. The monoisotopic (exact) mass is 412 g/mol. The number of hydrogen-bond acceptors (Lipinski definition) is 2. The predicted molar refractivity (Wildman–Crippen MR) is 128 cm³/mol. The van der Waals surface area contributed by atoms with Crippen molar-refractivity contribution >= 4 is 23.5 Å². The van der Waals surface area contributed by atoms with Gasteiger partial charge in [-0.05, 0) is 41.8 Å². The molecule has 0 saturated heterocycles. The SMILES string of the molecule is c1ccc(CC(c2ccccc2)C(Sc2ccccc2)Sc2ccccc2)cc1. The number of rotatable bonds is 8. The molecule has 144 valence electrons. The quantitative estimate of drug-likeness (QED) is 0.213. The molecule has 29 heavy (non-hydrogen) atoms. The second kappa shape index (κ2) is 10.4. The van der Waals surface area contributed by atoms with Gasteiger partial charge in [-0.15, -0.1) is 23.5 Å². The molecule has 0 aliphatic carbocycles. The van der Waals surface area contributed by atoms with Gasteiger partial charge in [-0.3, -0.25) is 0 Å². The predicted octanol–water partition coefficient (Wildman–Crippen LogP) is 7.92. The van der Waals surface area contributed by atoms with Gasteiger partial charge >= 0.3 is 0 Å². The smallest absolute Gasteiger partial charge is 0.0668 e. The highest BCUT2D eigenvalue weighted by molar-refractivity contribution is 8.17. The van der Waals surface area contributed by atoms with E-state index in [1.54, 1.807) is 0 Å². The zero-order valence-corrected chi connectivity index (χ0v) is 17.9. The van der Waals surface area contributed by atoms with Gasteiger partial charge in [0.1, 0.15) is 0 Å². The minimum Gasteiger partial charge on any atom is -0.111 e. The maximum Gasteiger partial charge on any atom is 0.0668 e. The molecule has 4 aromatic rings. The fourth-order valence-corrected chi connectivity index (χ4v) is 6.25. The number of benzene rings is 4. The molecule has 0 nitrogen and oxygen atoms in total. The van der Waals surface area contributed by atoms with Gasteiger partial charge in [0, 0.05) is 15.7 Å². The zero-order chi connectivity index (χ0) is 19.7. The molecule has 0 N–H and O–H groups in total. The van der Waals surface area contributed by atoms with Crippen LogP contribution in [0.2, 0.25) is 0 Å². The summed E-state index contributed by atoms with van der Waals surface area (Å²) in [4.78, 5) is 2.63. The molecule has 0 heterocycles. The van der Waals surface area contributed by atoms with E-state index < -0.39 is 0 Å². The summed E-state index contributed by atoms with van der Waals surface area (Å²) in [5, 5.41) is 0. The van der Waals surface area contributed by atoms with Crippen molar-refractivity contribution in [2.24, 2.45) is 0 Å². The van der Waals surface area contributed by atoms with Crippen LogP contribution in [-0.2, 0) is 6.42 Å². The Bertz CT molecular complexity index is 928. The summed E-state index contributed by atoms with van der Waals surface area (Å²) in [6.07, 6.45) is 1.02. The van der Waals surface area contributed by atoms with Crippen LogP contribution in [0.5, 0.6) is 0 Å². The maximum absolute atomic E-state index is 2.28. The Hall–Kier alpha value is -2.42. The normalized spacial score (nSPS) is 12.0. The molecular weight excluding hydrogens is 388 g/mol. The van der Waals surface area contributed by atoms with Crippen molar-refractivity contribution in [3.05, 3.63) is 132 Å². The van der Waals surface area contributed by atoms with Crippen molar-refractivity contribution in [1.82, 2.24) is 0 Å². The van der Waals surface area contributed by atoms with Crippen molar-refractivity contribution in [2.75, 3.05) is 0 Å². The Morgan fingerprint density at radius 2 is 0.897 bits per heavy atom. The van der Waals surface area contributed by atoms with E-state index in [4.69, 9.17) is 0 Å². The fourth-order valence-electron chi connectivity index (χ4n) is 3.39. The minimum atomic E-state index is 0.363. The highest BCUT2D eigenvalue weighted by atomic mass is 32.2. The van der Waals surface area contributed by atoms with Crippen LogP contribution >= 0.6 is 23.5 Å². The first-order valence-corrected chi connectivity index (χ1v) is 11.7. The molecule has 0 amide bonds. The van der Waals surface area contributed by atoms with Crippen LogP contribution in [0.4, 0.5) is 0 Å². The van der Waals surface area contributed by atoms with E-state index in [1.807, 2.05) is 23.5 Å². The summed E-state index contributed by atoms with van der Waals surface area (Å²) in [5.74, 6) is 0.397. The van der Waals surface area contributed by atoms with Crippen molar-refractivity contribution in [3.8, 4) is 0 Å². The molecule has 4 aromatic carbocycles. The zero-order valence-electron chi connectivity index (χ0n) is 16.2. The Morgan fingerprint density at radius 3 is 1.38 bits per heavy atom. The van der Waals surface area contributed by atoms with Crippen molar-refractivity contribution in [3.63, 3.8) is 0 Å². The standard InChI is InChI=1S/C27H24S2/c1-5-13-22(14-6-1)21-26(23-15-7-2-8-16-23)27(28-24-17-9-3-10-18-24)29-25-19-11-4-12-20-25/h1-20,26-27H,21H2. The molecule has 0 aromatic heterocycles. The van der Waals surface area contributed by atoms with E-state index in [2.05, 4.69) is 121 Å². The van der Waals surface area contributed by atoms with Crippen LogP contribution < -0.4 is 0 Å². The van der Waals surface area contributed by atoms with Gasteiger partial charge in [-0.2, -0.15) is 0 Å². The fraction of sp³-hybridized carbons (Fsp3) is 0.111. The molecule has 1 atom stereocenters. The van der Waals surface area contributed by atoms with E-state index in [0.29, 0.717) is 10.5 Å². The molecule has 0 aliphatic rings. The third-order valence-electron chi connectivity index (χ3n) is 4.85. The van der Waals surface area contributed by atoms with Gasteiger partial charge < -0.3 is 0 Å². The molecule has 0 fully saturated rings. The van der Waals surface area contributed by atoms with Crippen LogP contribution in [0.25, 0.3) is 0 Å². The van der Waals surface area contributed by atoms with Crippen LogP contribution in [-0.4, -0.2) is 4.58 Å². The molecule has 0 bridgehead atoms. The molecular formula is C27H24S2. The lowest BCUT2D eigenvalue weighted by Crippen LogP contribution is -2.15. The summed E-state index contributed by atoms with van der Waals surface area (Å²) in [7, 11) is 0. The van der Waals surface area contributed by atoms with Crippen LogP contribution in [0.1, 0.15) is 17.0 Å². The summed E-state index contributed by atoms with van der Waals surface area (Å²) < 4.78 is 0.363. The third-order valence-corrected chi connectivity index (χ3v) is 7.63. The molecule has 0 spiro atoms. The highest BCUT2D eigenvalue weighted by Crippen LogP contribution is 2.45. The topological polar surface area (TPSA) is 0 Å². The van der Waals surface area contributed by atoms with Gasteiger partial charge in [0.25, 0.3) is 0 Å². The van der Waals surface area contributed by atoms with Crippen molar-refractivity contribution in [2.45, 2.75) is 26.7 Å². The van der Waals surface area contributed by atoms with Crippen LogP contribution in [0.3, 0.4) is 0 Å². The van der Waals surface area contributed by atoms with E-state index in [-0.39, 0.29) is 0 Å². The summed E-state index contributed by atoms with van der Waals surface area (Å²) in [6.45, 7) is 0. The third kappa shape index (κ3) is 5.79. The molecule has 4 rings (SSSR count). The minimum absolute atomic E-state index is 0.363.